The highest BCUT2D eigenvalue weighted by Crippen LogP contribution is 2.34. The maximum atomic E-state index is 12.5. The van der Waals surface area contributed by atoms with E-state index in [1.807, 2.05) is 16.7 Å². The molecule has 3 N–H and O–H groups in total. The Balaban J connectivity index is 1.57. The summed E-state index contributed by atoms with van der Waals surface area (Å²) in [6, 6.07) is 8.98. The molecule has 3 rings (SSSR count). The Morgan fingerprint density at radius 2 is 2.04 bits per heavy atom. The van der Waals surface area contributed by atoms with Crippen LogP contribution in [0.1, 0.15) is 57.7 Å². The highest BCUT2D eigenvalue weighted by Gasteiger charge is 2.34. The van der Waals surface area contributed by atoms with E-state index >= 15 is 0 Å². The maximum Gasteiger partial charge on any atom is 0.223 e. The molecule has 3 atom stereocenters. The number of nitrogens with one attached hydrogen (secondary N) is 2. The zero-order chi connectivity index (χ0) is 20.3. The van der Waals surface area contributed by atoms with Gasteiger partial charge in [-0.1, -0.05) is 38.1 Å². The molecule has 0 radical (unpaired) electrons. The number of β-amino-alcohol motifs (C(OH)–C–C–N with tert-alkyl or cyclic N) is 1. The molecule has 2 aliphatic rings. The first kappa shape index (κ1) is 21.2. The third kappa shape index (κ3) is 5.10. The fraction of sp³-hybridized carbons (Fsp3) is 0.591. The lowest BCUT2D eigenvalue weighted by Gasteiger charge is -2.27. The first-order valence-electron chi connectivity index (χ1n) is 10.2. The Kier molecular flexibility index (Phi) is 7.07. The molecular weight excluding hydrogens is 370 g/mol. The second-order valence-electron chi connectivity index (χ2n) is 8.36. The normalized spacial score (nSPS) is 23.4. The van der Waals surface area contributed by atoms with Crippen molar-refractivity contribution in [3.63, 3.8) is 0 Å². The number of carbonyl (C=O) groups excluding carboxylic acids is 1. The molecule has 1 aromatic rings. The monoisotopic (exact) mass is 403 g/mol. The number of nitrogens with zero attached hydrogens (tertiary/aromatic N) is 1. The molecule has 2 heterocycles. The summed E-state index contributed by atoms with van der Waals surface area (Å²) in [6.07, 6.45) is 0.786. The average Bonchev–Trinajstić information content (AvgIpc) is 3.24. The molecule has 0 spiro atoms. The zero-order valence-corrected chi connectivity index (χ0v) is 18.2. The Morgan fingerprint density at radius 3 is 2.64 bits per heavy atom. The molecule has 28 heavy (non-hydrogen) atoms. The van der Waals surface area contributed by atoms with Crippen LogP contribution in [0.2, 0.25) is 0 Å². The van der Waals surface area contributed by atoms with E-state index in [0.717, 1.165) is 5.88 Å². The summed E-state index contributed by atoms with van der Waals surface area (Å²) in [5, 5.41) is 17.0. The van der Waals surface area contributed by atoms with Crippen LogP contribution < -0.4 is 10.6 Å². The number of hydrogen-bond acceptors (Lipinski definition) is 5. The van der Waals surface area contributed by atoms with Crippen molar-refractivity contribution in [1.29, 1.82) is 0 Å². The van der Waals surface area contributed by atoms with E-state index in [4.69, 9.17) is 0 Å². The Morgan fingerprint density at radius 1 is 1.32 bits per heavy atom. The lowest BCUT2D eigenvalue weighted by Crippen LogP contribution is -2.42. The van der Waals surface area contributed by atoms with Gasteiger partial charge in [0.15, 0.2) is 0 Å². The zero-order valence-electron chi connectivity index (χ0n) is 17.4. The van der Waals surface area contributed by atoms with E-state index in [1.54, 1.807) is 0 Å². The van der Waals surface area contributed by atoms with E-state index in [2.05, 4.69) is 62.6 Å². The molecular formula is C22H33N3O2S. The van der Waals surface area contributed by atoms with Crippen LogP contribution in [-0.4, -0.2) is 47.0 Å². The number of aliphatic hydroxyl groups excluding tert-OH is 1. The number of allylic oxidation sites excluding steroid dienone is 1. The predicted molar refractivity (Wildman–Crippen MR) is 117 cm³/mol. The van der Waals surface area contributed by atoms with Gasteiger partial charge in [-0.2, -0.15) is 0 Å². The number of hydrogen-bond donors (Lipinski definition) is 3. The van der Waals surface area contributed by atoms with Gasteiger partial charge in [0.1, 0.15) is 0 Å². The lowest BCUT2D eigenvalue weighted by atomic mass is 10.0. The molecule has 0 aromatic heterocycles. The van der Waals surface area contributed by atoms with Crippen LogP contribution in [0.3, 0.4) is 0 Å². The second kappa shape index (κ2) is 9.33. The standard InChI is InChI=1S/C22H33N3O2S/c1-14(2)9-21(27)25-12-20(26)10-19(25)11-23-15(3)17-5-7-18(8-6-17)22-16(4)24-13-28-22/h5-8,14-15,19-20,23-24,26H,9-13H2,1-4H3/t15-,19?,20+/m0/s1. The molecule has 0 saturated carbocycles. The Labute approximate surface area is 173 Å². The number of benzene rings is 1. The summed E-state index contributed by atoms with van der Waals surface area (Å²) < 4.78 is 0. The lowest BCUT2D eigenvalue weighted by molar-refractivity contribution is -0.133. The van der Waals surface area contributed by atoms with Gasteiger partial charge in [-0.05, 0) is 37.3 Å². The van der Waals surface area contributed by atoms with Crippen molar-refractivity contribution in [3.05, 3.63) is 41.1 Å². The summed E-state index contributed by atoms with van der Waals surface area (Å²) in [7, 11) is 0. The van der Waals surface area contributed by atoms with Crippen molar-refractivity contribution in [2.24, 2.45) is 5.92 Å². The van der Waals surface area contributed by atoms with Gasteiger partial charge in [0.2, 0.25) is 5.91 Å². The van der Waals surface area contributed by atoms with Gasteiger partial charge >= 0.3 is 0 Å². The maximum absolute atomic E-state index is 12.5. The van der Waals surface area contributed by atoms with Gasteiger partial charge in [0, 0.05) is 42.2 Å². The summed E-state index contributed by atoms with van der Waals surface area (Å²) in [5.74, 6) is 1.44. The van der Waals surface area contributed by atoms with Crippen molar-refractivity contribution in [2.75, 3.05) is 19.0 Å². The summed E-state index contributed by atoms with van der Waals surface area (Å²) >= 11 is 1.84. The Bertz CT molecular complexity index is 717. The average molecular weight is 404 g/mol. The SMILES string of the molecule is CC1=C(c2ccc([C@H](C)NCC3C[C@@H](O)CN3C(=O)CC(C)C)cc2)SCN1. The number of likely N-dealkylation sites (tertiary alicyclic amines) is 1. The third-order valence-electron chi connectivity index (χ3n) is 5.52. The minimum Gasteiger partial charge on any atom is -0.391 e. The summed E-state index contributed by atoms with van der Waals surface area (Å²) in [4.78, 5) is 15.7. The number of rotatable bonds is 7. The van der Waals surface area contributed by atoms with Crippen molar-refractivity contribution in [1.82, 2.24) is 15.5 Å². The minimum absolute atomic E-state index is 0.0664. The van der Waals surface area contributed by atoms with E-state index in [-0.39, 0.29) is 18.0 Å². The van der Waals surface area contributed by atoms with Crippen LogP contribution in [0.4, 0.5) is 0 Å². The number of carbonyl (C=O) groups is 1. The summed E-state index contributed by atoms with van der Waals surface area (Å²) in [5.41, 5.74) is 3.74. The van der Waals surface area contributed by atoms with Gasteiger partial charge in [-0.3, -0.25) is 4.79 Å². The smallest absolute Gasteiger partial charge is 0.223 e. The molecule has 1 amide bonds. The Hall–Kier alpha value is -1.50. The van der Waals surface area contributed by atoms with Crippen molar-refractivity contribution in [3.8, 4) is 0 Å². The fourth-order valence-corrected chi connectivity index (χ4v) is 4.94. The summed E-state index contributed by atoms with van der Waals surface area (Å²) in [6.45, 7) is 9.55. The molecule has 0 aliphatic carbocycles. The van der Waals surface area contributed by atoms with Gasteiger partial charge in [-0.15, -0.1) is 11.8 Å². The fourth-order valence-electron chi connectivity index (χ4n) is 3.92. The molecule has 6 heteroatoms. The van der Waals surface area contributed by atoms with Gasteiger partial charge < -0.3 is 20.6 Å². The van der Waals surface area contributed by atoms with E-state index in [9.17, 15) is 9.90 Å². The van der Waals surface area contributed by atoms with Crippen molar-refractivity contribution < 1.29 is 9.90 Å². The van der Waals surface area contributed by atoms with Crippen LogP contribution in [0.25, 0.3) is 4.91 Å². The first-order chi connectivity index (χ1) is 13.3. The molecule has 1 unspecified atom stereocenters. The van der Waals surface area contributed by atoms with Crippen LogP contribution in [0.5, 0.6) is 0 Å². The topological polar surface area (TPSA) is 64.6 Å². The van der Waals surface area contributed by atoms with E-state index in [1.165, 1.54) is 21.7 Å². The second-order valence-corrected chi connectivity index (χ2v) is 9.34. The van der Waals surface area contributed by atoms with E-state index in [0.29, 0.717) is 31.8 Å². The molecule has 1 saturated heterocycles. The number of thioether (sulfide) groups is 1. The van der Waals surface area contributed by atoms with Crippen LogP contribution in [-0.2, 0) is 4.79 Å². The molecule has 2 aliphatic heterocycles. The van der Waals surface area contributed by atoms with Gasteiger partial charge in [0.05, 0.1) is 12.0 Å². The van der Waals surface area contributed by atoms with Crippen LogP contribution >= 0.6 is 11.8 Å². The van der Waals surface area contributed by atoms with Gasteiger partial charge in [-0.25, -0.2) is 0 Å². The molecule has 1 aromatic carbocycles. The third-order valence-corrected chi connectivity index (χ3v) is 6.64. The largest absolute Gasteiger partial charge is 0.391 e. The predicted octanol–water partition coefficient (Wildman–Crippen LogP) is 3.33. The molecule has 0 bridgehead atoms. The highest BCUT2D eigenvalue weighted by molar-refractivity contribution is 8.08. The van der Waals surface area contributed by atoms with E-state index < -0.39 is 6.10 Å². The molecule has 154 valence electrons. The van der Waals surface area contributed by atoms with Gasteiger partial charge in [0.25, 0.3) is 0 Å². The molecule has 5 nitrogen and oxygen atoms in total. The van der Waals surface area contributed by atoms with Crippen molar-refractivity contribution in [2.45, 2.75) is 58.7 Å². The first-order valence-corrected chi connectivity index (χ1v) is 11.2. The number of aliphatic hydroxyl groups is 1. The minimum atomic E-state index is -0.411. The number of amides is 1. The highest BCUT2D eigenvalue weighted by atomic mass is 32.2. The van der Waals surface area contributed by atoms with Crippen LogP contribution in [0, 0.1) is 5.92 Å². The van der Waals surface area contributed by atoms with Crippen molar-refractivity contribution >= 4 is 22.6 Å². The van der Waals surface area contributed by atoms with Crippen LogP contribution in [0.15, 0.2) is 30.0 Å². The quantitative estimate of drug-likeness (QED) is 0.652. The molecule has 1 fully saturated rings.